The first-order valence-electron chi connectivity index (χ1n) is 13.3. The van der Waals surface area contributed by atoms with Crippen molar-refractivity contribution < 1.29 is 35.8 Å². The molecule has 1 atom stereocenters. The zero-order valence-corrected chi connectivity index (χ0v) is 22.5. The molecule has 6 rings (SSSR count). The number of fused-ring (bicyclic) bond motifs is 3. The van der Waals surface area contributed by atoms with Crippen molar-refractivity contribution in [1.29, 1.82) is 0 Å². The number of halogens is 1. The number of carbonyl (C=O) groups is 2. The molecule has 1 saturated carbocycles. The van der Waals surface area contributed by atoms with Gasteiger partial charge in [-0.25, -0.2) is 4.98 Å². The van der Waals surface area contributed by atoms with Crippen molar-refractivity contribution in [2.45, 2.75) is 62.9 Å². The number of carbonyl (C=O) groups excluding carboxylic acids is 2. The molecule has 1 N–H and O–H groups in total. The van der Waals surface area contributed by atoms with Crippen LogP contribution in [0.5, 0.6) is 0 Å². The Morgan fingerprint density at radius 3 is 2.42 bits per heavy atom. The summed E-state index contributed by atoms with van der Waals surface area (Å²) < 4.78 is 7.35. The SMILES string of the molecule is O=C(NCC[N+]12CCC(CC1)C(OC(=O)C1(c3ccccc3)CCCCCC1)C2)c1cnccn1.[Br-]. The van der Waals surface area contributed by atoms with Gasteiger partial charge in [-0.05, 0) is 18.4 Å². The maximum absolute atomic E-state index is 13.9. The van der Waals surface area contributed by atoms with E-state index in [1.807, 2.05) is 18.2 Å². The molecule has 0 spiro atoms. The van der Waals surface area contributed by atoms with Gasteiger partial charge in [0.05, 0.1) is 37.8 Å². The third kappa shape index (κ3) is 5.65. The molecule has 4 aliphatic rings. The first kappa shape index (κ1) is 26.7. The van der Waals surface area contributed by atoms with E-state index in [0.29, 0.717) is 18.2 Å². The second-order valence-electron chi connectivity index (χ2n) is 10.7. The highest BCUT2D eigenvalue weighted by atomic mass is 79.9. The van der Waals surface area contributed by atoms with E-state index in [4.69, 9.17) is 4.74 Å². The van der Waals surface area contributed by atoms with E-state index in [1.165, 1.54) is 25.2 Å². The number of piperidine rings is 3. The van der Waals surface area contributed by atoms with E-state index in [2.05, 4.69) is 27.4 Å². The summed E-state index contributed by atoms with van der Waals surface area (Å²) in [6.07, 6.45) is 13.0. The minimum Gasteiger partial charge on any atom is -1.00 e. The fourth-order valence-corrected chi connectivity index (χ4v) is 6.53. The molecule has 4 heterocycles. The normalized spacial score (nSPS) is 26.8. The van der Waals surface area contributed by atoms with Crippen LogP contribution in [0.2, 0.25) is 0 Å². The van der Waals surface area contributed by atoms with Crippen molar-refractivity contribution in [3.63, 3.8) is 0 Å². The van der Waals surface area contributed by atoms with Gasteiger partial charge in [0.1, 0.15) is 12.2 Å². The van der Waals surface area contributed by atoms with Crippen LogP contribution in [0.4, 0.5) is 0 Å². The van der Waals surface area contributed by atoms with Gasteiger partial charge >= 0.3 is 5.97 Å². The fraction of sp³-hybridized carbons (Fsp3) is 0.571. The average molecular weight is 558 g/mol. The molecule has 4 fully saturated rings. The molecule has 0 radical (unpaired) electrons. The summed E-state index contributed by atoms with van der Waals surface area (Å²) in [6.45, 7) is 4.45. The maximum Gasteiger partial charge on any atom is 0.317 e. The van der Waals surface area contributed by atoms with Crippen LogP contribution in [0.1, 0.15) is 67.4 Å². The lowest BCUT2D eigenvalue weighted by molar-refractivity contribution is -0.945. The zero-order chi connectivity index (χ0) is 24.1. The summed E-state index contributed by atoms with van der Waals surface area (Å²) in [6, 6.07) is 10.3. The molecular weight excluding hydrogens is 520 g/mol. The number of ether oxygens (including phenoxy) is 1. The largest absolute Gasteiger partial charge is 1.00 e. The number of hydrogen-bond donors (Lipinski definition) is 1. The molecule has 3 aliphatic heterocycles. The summed E-state index contributed by atoms with van der Waals surface area (Å²) in [5.74, 6) is 0.245. The topological polar surface area (TPSA) is 81.2 Å². The smallest absolute Gasteiger partial charge is 0.317 e. The summed E-state index contributed by atoms with van der Waals surface area (Å²) in [7, 11) is 0. The number of amides is 1. The van der Waals surface area contributed by atoms with Crippen LogP contribution in [0.15, 0.2) is 48.9 Å². The van der Waals surface area contributed by atoms with Gasteiger partial charge in [0.2, 0.25) is 0 Å². The molecule has 1 aliphatic carbocycles. The average Bonchev–Trinajstić information content (AvgIpc) is 3.17. The Morgan fingerprint density at radius 1 is 1.03 bits per heavy atom. The Balaban J connectivity index is 0.00000304. The number of nitrogens with one attached hydrogen (secondary N) is 1. The second kappa shape index (κ2) is 11.8. The molecule has 2 bridgehead atoms. The Hall–Kier alpha value is -2.32. The highest BCUT2D eigenvalue weighted by Crippen LogP contribution is 2.42. The molecular formula is C28H37BrN4O3. The molecule has 2 aromatic rings. The predicted molar refractivity (Wildman–Crippen MR) is 133 cm³/mol. The van der Waals surface area contributed by atoms with Crippen molar-refractivity contribution in [2.75, 3.05) is 32.7 Å². The highest BCUT2D eigenvalue weighted by Gasteiger charge is 2.50. The van der Waals surface area contributed by atoms with Crippen LogP contribution in [0.25, 0.3) is 0 Å². The van der Waals surface area contributed by atoms with Gasteiger partial charge in [0, 0.05) is 31.2 Å². The van der Waals surface area contributed by atoms with Gasteiger partial charge in [0.15, 0.2) is 6.10 Å². The zero-order valence-electron chi connectivity index (χ0n) is 20.9. The summed E-state index contributed by atoms with van der Waals surface area (Å²) in [4.78, 5) is 34.3. The number of quaternary nitrogens is 1. The molecule has 1 unspecified atom stereocenters. The van der Waals surface area contributed by atoms with E-state index < -0.39 is 5.41 Å². The Bertz CT molecular complexity index is 1000. The minimum atomic E-state index is -0.515. The van der Waals surface area contributed by atoms with E-state index >= 15 is 0 Å². The molecule has 1 aromatic carbocycles. The van der Waals surface area contributed by atoms with Gasteiger partial charge < -0.3 is 31.5 Å². The summed E-state index contributed by atoms with van der Waals surface area (Å²) in [5, 5.41) is 3.00. The first-order chi connectivity index (χ1) is 17.1. The van der Waals surface area contributed by atoms with Crippen LogP contribution in [-0.4, -0.2) is 65.2 Å². The van der Waals surface area contributed by atoms with Crippen LogP contribution in [-0.2, 0) is 14.9 Å². The van der Waals surface area contributed by atoms with E-state index in [-0.39, 0.29) is 35.0 Å². The van der Waals surface area contributed by atoms with Crippen molar-refractivity contribution in [3.05, 3.63) is 60.2 Å². The number of rotatable bonds is 7. The van der Waals surface area contributed by atoms with E-state index in [9.17, 15) is 9.59 Å². The van der Waals surface area contributed by atoms with Gasteiger partial charge in [-0.15, -0.1) is 0 Å². The number of benzene rings is 1. The van der Waals surface area contributed by atoms with Gasteiger partial charge in [-0.2, -0.15) is 0 Å². The molecule has 7 nitrogen and oxygen atoms in total. The Labute approximate surface area is 224 Å². The molecule has 1 amide bonds. The fourth-order valence-electron chi connectivity index (χ4n) is 6.53. The van der Waals surface area contributed by atoms with Crippen LogP contribution >= 0.6 is 0 Å². The number of esters is 1. The lowest BCUT2D eigenvalue weighted by Crippen LogP contribution is -3.00. The number of aromatic nitrogens is 2. The third-order valence-corrected chi connectivity index (χ3v) is 8.64. The quantitative estimate of drug-likeness (QED) is 0.308. The maximum atomic E-state index is 13.9. The lowest BCUT2D eigenvalue weighted by atomic mass is 9.74. The summed E-state index contributed by atoms with van der Waals surface area (Å²) in [5.41, 5.74) is 0.939. The van der Waals surface area contributed by atoms with E-state index in [1.54, 1.807) is 6.20 Å². The molecule has 8 heteroatoms. The summed E-state index contributed by atoms with van der Waals surface area (Å²) >= 11 is 0. The van der Waals surface area contributed by atoms with Gasteiger partial charge in [-0.3, -0.25) is 14.6 Å². The highest BCUT2D eigenvalue weighted by molar-refractivity contribution is 5.91. The number of hydrogen-bond acceptors (Lipinski definition) is 5. The van der Waals surface area contributed by atoms with Crippen molar-refractivity contribution in [1.82, 2.24) is 15.3 Å². The lowest BCUT2D eigenvalue weighted by Gasteiger charge is -2.52. The Kier molecular flexibility index (Phi) is 8.78. The van der Waals surface area contributed by atoms with Crippen LogP contribution in [0, 0.1) is 5.92 Å². The molecule has 36 heavy (non-hydrogen) atoms. The first-order valence-corrected chi connectivity index (χ1v) is 13.3. The van der Waals surface area contributed by atoms with Crippen LogP contribution in [0.3, 0.4) is 0 Å². The minimum absolute atomic E-state index is 0. The van der Waals surface area contributed by atoms with Crippen molar-refractivity contribution >= 4 is 11.9 Å². The van der Waals surface area contributed by atoms with Gasteiger partial charge in [0.25, 0.3) is 5.91 Å². The van der Waals surface area contributed by atoms with Crippen molar-refractivity contribution in [2.24, 2.45) is 5.92 Å². The van der Waals surface area contributed by atoms with E-state index in [0.717, 1.165) is 74.8 Å². The Morgan fingerprint density at radius 2 is 1.75 bits per heavy atom. The van der Waals surface area contributed by atoms with Gasteiger partial charge in [-0.1, -0.05) is 56.0 Å². The predicted octanol–water partition coefficient (Wildman–Crippen LogP) is 0.655. The molecule has 1 aromatic heterocycles. The third-order valence-electron chi connectivity index (χ3n) is 8.64. The number of nitrogens with zero attached hydrogens (tertiary/aromatic N) is 3. The monoisotopic (exact) mass is 556 g/mol. The molecule has 194 valence electrons. The standard InChI is InChI=1S/C28H36N4O3.BrH/c33-26(24-20-29-14-15-30-24)31-16-19-32-17-10-22(11-18-32)25(21-32)35-27(34)28(12-6-1-2-7-13-28)23-8-4-3-5-9-23;/h3-5,8-9,14-15,20,22,25H,1-2,6-7,10-13,16-19,21H2;1H. The molecule has 3 saturated heterocycles. The van der Waals surface area contributed by atoms with Crippen molar-refractivity contribution in [3.8, 4) is 0 Å². The van der Waals surface area contributed by atoms with Crippen LogP contribution < -0.4 is 22.3 Å². The second-order valence-corrected chi connectivity index (χ2v) is 10.7.